The molecule has 2 aromatic carbocycles. The third-order valence-electron chi connectivity index (χ3n) is 4.11. The summed E-state index contributed by atoms with van der Waals surface area (Å²) in [6.45, 7) is 5.15. The molecular weight excluding hydrogens is 294 g/mol. The Kier molecular flexibility index (Phi) is 6.44. The predicted octanol–water partition coefficient (Wildman–Crippen LogP) is 4.15. The highest BCUT2D eigenvalue weighted by Gasteiger charge is 2.13. The molecule has 2 atom stereocenters. The molecule has 0 spiro atoms. The van der Waals surface area contributed by atoms with E-state index in [1.165, 1.54) is 11.1 Å². The van der Waals surface area contributed by atoms with Crippen molar-refractivity contribution in [2.75, 3.05) is 13.2 Å². The Morgan fingerprint density at radius 1 is 1.09 bits per heavy atom. The summed E-state index contributed by atoms with van der Waals surface area (Å²) in [5.41, 5.74) is 3.67. The van der Waals surface area contributed by atoms with Gasteiger partial charge in [0.2, 0.25) is 0 Å². The summed E-state index contributed by atoms with van der Waals surface area (Å²) in [6, 6.07) is 16.4. The Morgan fingerprint density at radius 2 is 1.77 bits per heavy atom. The Bertz CT molecular complexity index is 599. The fourth-order valence-corrected chi connectivity index (χ4v) is 2.93. The molecule has 0 aliphatic rings. The van der Waals surface area contributed by atoms with Gasteiger partial charge in [-0.05, 0) is 48.9 Å². The van der Waals surface area contributed by atoms with Crippen LogP contribution in [-0.2, 0) is 6.42 Å². The van der Waals surface area contributed by atoms with Crippen LogP contribution in [0.2, 0.25) is 5.02 Å². The van der Waals surface area contributed by atoms with Crippen LogP contribution in [0.3, 0.4) is 0 Å². The van der Waals surface area contributed by atoms with Gasteiger partial charge in [0.1, 0.15) is 0 Å². The molecule has 0 aliphatic carbocycles. The van der Waals surface area contributed by atoms with Crippen molar-refractivity contribution >= 4 is 11.6 Å². The fraction of sp³-hybridized carbons (Fsp3) is 0.368. The van der Waals surface area contributed by atoms with Crippen LogP contribution in [0.25, 0.3) is 0 Å². The number of benzene rings is 2. The van der Waals surface area contributed by atoms with E-state index in [9.17, 15) is 5.11 Å². The van der Waals surface area contributed by atoms with Gasteiger partial charge in [-0.15, -0.1) is 0 Å². The Labute approximate surface area is 138 Å². The van der Waals surface area contributed by atoms with Gasteiger partial charge >= 0.3 is 0 Å². The van der Waals surface area contributed by atoms with Crippen LogP contribution >= 0.6 is 11.6 Å². The van der Waals surface area contributed by atoms with Crippen molar-refractivity contribution in [2.24, 2.45) is 5.92 Å². The zero-order chi connectivity index (χ0) is 15.9. The van der Waals surface area contributed by atoms with Crippen molar-refractivity contribution in [2.45, 2.75) is 26.3 Å². The minimum atomic E-state index is 0.166. The second-order valence-corrected chi connectivity index (χ2v) is 6.24. The van der Waals surface area contributed by atoms with Gasteiger partial charge < -0.3 is 10.4 Å². The van der Waals surface area contributed by atoms with Crippen molar-refractivity contribution in [1.29, 1.82) is 0 Å². The summed E-state index contributed by atoms with van der Waals surface area (Å²) in [5, 5.41) is 13.9. The highest BCUT2D eigenvalue weighted by Crippen LogP contribution is 2.22. The normalized spacial score (nSPS) is 13.8. The summed E-state index contributed by atoms with van der Waals surface area (Å²) in [5.74, 6) is 0.200. The second-order valence-electron chi connectivity index (χ2n) is 5.83. The Morgan fingerprint density at radius 3 is 2.45 bits per heavy atom. The topological polar surface area (TPSA) is 32.3 Å². The molecule has 0 saturated heterocycles. The fourth-order valence-electron chi connectivity index (χ4n) is 2.63. The Hall–Kier alpha value is -1.35. The molecule has 0 aromatic heterocycles. The van der Waals surface area contributed by atoms with Crippen molar-refractivity contribution < 1.29 is 5.11 Å². The number of aryl methyl sites for hydroxylation is 1. The first-order valence-electron chi connectivity index (χ1n) is 7.75. The maximum absolute atomic E-state index is 9.65. The highest BCUT2D eigenvalue weighted by molar-refractivity contribution is 6.31. The lowest BCUT2D eigenvalue weighted by Gasteiger charge is -2.21. The molecule has 118 valence electrons. The van der Waals surface area contributed by atoms with Gasteiger partial charge in [-0.2, -0.15) is 0 Å². The smallest absolute Gasteiger partial charge is 0.0474 e. The third-order valence-corrected chi connectivity index (χ3v) is 4.46. The van der Waals surface area contributed by atoms with Crippen molar-refractivity contribution in [3.05, 3.63) is 70.2 Å². The van der Waals surface area contributed by atoms with Crippen LogP contribution in [0.4, 0.5) is 0 Å². The van der Waals surface area contributed by atoms with Crippen molar-refractivity contribution in [3.8, 4) is 0 Å². The maximum Gasteiger partial charge on any atom is 0.0474 e. The quantitative estimate of drug-likeness (QED) is 0.804. The van der Waals surface area contributed by atoms with Gasteiger partial charge in [-0.25, -0.2) is 0 Å². The van der Waals surface area contributed by atoms with E-state index in [1.807, 2.05) is 30.3 Å². The number of halogens is 1. The first kappa shape index (κ1) is 17.0. The lowest BCUT2D eigenvalue weighted by Crippen LogP contribution is -2.29. The van der Waals surface area contributed by atoms with Gasteiger partial charge in [0.05, 0.1) is 0 Å². The molecule has 0 aliphatic heterocycles. The molecule has 2 nitrogen and oxygen atoms in total. The molecule has 3 heteroatoms. The lowest BCUT2D eigenvalue weighted by atomic mass is 9.96. The van der Waals surface area contributed by atoms with E-state index in [0.29, 0.717) is 0 Å². The molecule has 0 heterocycles. The van der Waals surface area contributed by atoms with E-state index in [2.05, 4.69) is 37.4 Å². The molecule has 0 saturated carbocycles. The molecule has 2 aromatic rings. The minimum absolute atomic E-state index is 0.166. The third kappa shape index (κ3) is 4.57. The van der Waals surface area contributed by atoms with Gasteiger partial charge in [-0.3, -0.25) is 0 Å². The average Bonchev–Trinajstić information content (AvgIpc) is 2.53. The summed E-state index contributed by atoms with van der Waals surface area (Å²) in [6.07, 6.45) is 0.880. The molecule has 2 rings (SSSR count). The average molecular weight is 318 g/mol. The van der Waals surface area contributed by atoms with E-state index >= 15 is 0 Å². The van der Waals surface area contributed by atoms with E-state index in [-0.39, 0.29) is 18.6 Å². The largest absolute Gasteiger partial charge is 0.396 e. The van der Waals surface area contributed by atoms with Crippen LogP contribution in [0, 0.1) is 12.8 Å². The number of aliphatic hydroxyl groups excluding tert-OH is 1. The maximum atomic E-state index is 9.65. The number of aliphatic hydroxyl groups is 1. The zero-order valence-electron chi connectivity index (χ0n) is 13.2. The van der Waals surface area contributed by atoms with Crippen LogP contribution in [0.15, 0.2) is 48.5 Å². The van der Waals surface area contributed by atoms with Gasteiger partial charge in [0, 0.05) is 24.2 Å². The first-order valence-corrected chi connectivity index (χ1v) is 8.12. The van der Waals surface area contributed by atoms with E-state index in [0.717, 1.165) is 23.6 Å². The highest BCUT2D eigenvalue weighted by atomic mass is 35.5. The second kappa shape index (κ2) is 8.33. The SMILES string of the molecule is Cc1ccccc1CC(CO)CNC(C)c1ccccc1Cl. The van der Waals surface area contributed by atoms with E-state index in [4.69, 9.17) is 11.6 Å². The number of hydrogen-bond acceptors (Lipinski definition) is 2. The van der Waals surface area contributed by atoms with Crippen LogP contribution in [-0.4, -0.2) is 18.3 Å². The monoisotopic (exact) mass is 317 g/mol. The number of nitrogens with one attached hydrogen (secondary N) is 1. The molecule has 0 bridgehead atoms. The van der Waals surface area contributed by atoms with E-state index < -0.39 is 0 Å². The number of rotatable bonds is 7. The summed E-state index contributed by atoms with van der Waals surface area (Å²) < 4.78 is 0. The van der Waals surface area contributed by atoms with Crippen LogP contribution in [0.1, 0.15) is 29.7 Å². The van der Waals surface area contributed by atoms with Crippen LogP contribution in [0.5, 0.6) is 0 Å². The molecule has 22 heavy (non-hydrogen) atoms. The minimum Gasteiger partial charge on any atom is -0.396 e. The van der Waals surface area contributed by atoms with Gasteiger partial charge in [-0.1, -0.05) is 54.1 Å². The zero-order valence-corrected chi connectivity index (χ0v) is 14.0. The summed E-state index contributed by atoms with van der Waals surface area (Å²) >= 11 is 6.23. The van der Waals surface area contributed by atoms with Gasteiger partial charge in [0.15, 0.2) is 0 Å². The molecule has 2 unspecified atom stereocenters. The molecule has 2 N–H and O–H groups in total. The lowest BCUT2D eigenvalue weighted by molar-refractivity contribution is 0.218. The van der Waals surface area contributed by atoms with E-state index in [1.54, 1.807) is 0 Å². The Balaban J connectivity index is 1.94. The molecule has 0 amide bonds. The number of hydrogen-bond donors (Lipinski definition) is 2. The standard InChI is InChI=1S/C19H24ClNO/c1-14-7-3-4-8-17(14)11-16(13-22)12-21-15(2)18-9-5-6-10-19(18)20/h3-10,15-16,21-22H,11-13H2,1-2H3. The summed E-state index contributed by atoms with van der Waals surface area (Å²) in [4.78, 5) is 0. The van der Waals surface area contributed by atoms with Crippen LogP contribution < -0.4 is 5.32 Å². The van der Waals surface area contributed by atoms with Gasteiger partial charge in [0.25, 0.3) is 0 Å². The molecule has 0 fully saturated rings. The first-order chi connectivity index (χ1) is 10.6. The van der Waals surface area contributed by atoms with Crippen molar-refractivity contribution in [3.63, 3.8) is 0 Å². The van der Waals surface area contributed by atoms with Crippen molar-refractivity contribution in [1.82, 2.24) is 5.32 Å². The molecular formula is C19H24ClNO. The predicted molar refractivity (Wildman–Crippen MR) is 93.3 cm³/mol. The molecule has 0 radical (unpaired) electrons. The summed E-state index contributed by atoms with van der Waals surface area (Å²) in [7, 11) is 0.